The van der Waals surface area contributed by atoms with E-state index in [-0.39, 0.29) is 6.09 Å². The molecule has 1 aromatic carbocycles. The summed E-state index contributed by atoms with van der Waals surface area (Å²) in [4.78, 5) is 13.9. The maximum Gasteiger partial charge on any atom is 0.410 e. The van der Waals surface area contributed by atoms with Crippen LogP contribution in [-0.2, 0) is 4.74 Å². The molecule has 2 N–H and O–H groups in total. The molecule has 2 rings (SSSR count). The van der Waals surface area contributed by atoms with Gasteiger partial charge in [-0.3, -0.25) is 0 Å². The standard InChI is InChI=1S/C16H24N2O2/c1-16(2,3)20-15(19)18-9-5-7-13(11-18)12-6-4-8-14(17)10-12/h4,6,8,10,13H,5,7,9,11,17H2,1-3H3/t13-/m0/s1. The fraction of sp³-hybridized carbons (Fsp3) is 0.562. The minimum Gasteiger partial charge on any atom is -0.444 e. The molecule has 0 unspecified atom stereocenters. The number of amides is 1. The van der Waals surface area contributed by atoms with Crippen molar-refractivity contribution in [2.45, 2.75) is 45.1 Å². The quantitative estimate of drug-likeness (QED) is 0.800. The lowest BCUT2D eigenvalue weighted by Crippen LogP contribution is -2.42. The van der Waals surface area contributed by atoms with Gasteiger partial charge in [-0.05, 0) is 51.3 Å². The second-order valence-electron chi connectivity index (χ2n) is 6.44. The summed E-state index contributed by atoms with van der Waals surface area (Å²) in [6, 6.07) is 7.94. The lowest BCUT2D eigenvalue weighted by molar-refractivity contribution is 0.0198. The first kappa shape index (κ1) is 14.7. The van der Waals surface area contributed by atoms with Crippen LogP contribution in [0, 0.1) is 0 Å². The largest absolute Gasteiger partial charge is 0.444 e. The zero-order valence-corrected chi connectivity index (χ0v) is 12.6. The highest BCUT2D eigenvalue weighted by Crippen LogP contribution is 2.28. The van der Waals surface area contributed by atoms with Crippen molar-refractivity contribution in [3.05, 3.63) is 29.8 Å². The van der Waals surface area contributed by atoms with E-state index in [1.165, 1.54) is 5.56 Å². The summed E-state index contributed by atoms with van der Waals surface area (Å²) in [5.41, 5.74) is 7.38. The number of carbonyl (C=O) groups is 1. The fourth-order valence-electron chi connectivity index (χ4n) is 2.55. The van der Waals surface area contributed by atoms with E-state index in [2.05, 4.69) is 6.07 Å². The third-order valence-electron chi connectivity index (χ3n) is 3.46. The molecule has 20 heavy (non-hydrogen) atoms. The molecule has 1 saturated heterocycles. The molecule has 4 heteroatoms. The molecule has 0 aromatic heterocycles. The number of nitrogen functional groups attached to an aromatic ring is 1. The molecular formula is C16H24N2O2. The monoisotopic (exact) mass is 276 g/mol. The Balaban J connectivity index is 2.03. The number of nitrogens with two attached hydrogens (primary N) is 1. The molecule has 4 nitrogen and oxygen atoms in total. The Morgan fingerprint density at radius 1 is 1.40 bits per heavy atom. The first-order chi connectivity index (χ1) is 9.35. The summed E-state index contributed by atoms with van der Waals surface area (Å²) in [6.07, 6.45) is 1.87. The molecule has 0 radical (unpaired) electrons. The van der Waals surface area contributed by atoms with E-state index in [0.29, 0.717) is 12.5 Å². The van der Waals surface area contributed by atoms with Gasteiger partial charge in [-0.2, -0.15) is 0 Å². The van der Waals surface area contributed by atoms with Crippen LogP contribution in [0.1, 0.15) is 45.1 Å². The number of ether oxygens (including phenoxy) is 1. The van der Waals surface area contributed by atoms with Crippen LogP contribution in [0.3, 0.4) is 0 Å². The highest BCUT2D eigenvalue weighted by atomic mass is 16.6. The summed E-state index contributed by atoms with van der Waals surface area (Å²) >= 11 is 0. The molecule has 0 spiro atoms. The van der Waals surface area contributed by atoms with E-state index in [1.807, 2.05) is 43.9 Å². The fourth-order valence-corrected chi connectivity index (χ4v) is 2.55. The second kappa shape index (κ2) is 5.73. The van der Waals surface area contributed by atoms with Gasteiger partial charge in [0.1, 0.15) is 5.60 Å². The van der Waals surface area contributed by atoms with Gasteiger partial charge in [0.25, 0.3) is 0 Å². The summed E-state index contributed by atoms with van der Waals surface area (Å²) < 4.78 is 5.45. The lowest BCUT2D eigenvalue weighted by Gasteiger charge is -2.34. The van der Waals surface area contributed by atoms with Crippen molar-refractivity contribution in [2.24, 2.45) is 0 Å². The highest BCUT2D eigenvalue weighted by molar-refractivity contribution is 5.68. The van der Waals surface area contributed by atoms with Crippen LogP contribution in [0.15, 0.2) is 24.3 Å². The summed E-state index contributed by atoms with van der Waals surface area (Å²) in [5.74, 6) is 0.347. The van der Waals surface area contributed by atoms with Crippen molar-refractivity contribution in [3.63, 3.8) is 0 Å². The van der Waals surface area contributed by atoms with Crippen molar-refractivity contribution in [2.75, 3.05) is 18.8 Å². The Labute approximate surface area is 120 Å². The molecule has 1 aliphatic heterocycles. The predicted molar refractivity (Wildman–Crippen MR) is 80.6 cm³/mol. The number of benzene rings is 1. The molecule has 1 atom stereocenters. The number of anilines is 1. The van der Waals surface area contributed by atoms with Crippen molar-refractivity contribution in [1.82, 2.24) is 4.90 Å². The number of hydrogen-bond donors (Lipinski definition) is 1. The zero-order valence-electron chi connectivity index (χ0n) is 12.6. The summed E-state index contributed by atoms with van der Waals surface area (Å²) in [5, 5.41) is 0. The average molecular weight is 276 g/mol. The van der Waals surface area contributed by atoms with Crippen molar-refractivity contribution in [3.8, 4) is 0 Å². The van der Waals surface area contributed by atoms with Crippen molar-refractivity contribution in [1.29, 1.82) is 0 Å². The lowest BCUT2D eigenvalue weighted by atomic mass is 9.90. The van der Waals surface area contributed by atoms with Gasteiger partial charge < -0.3 is 15.4 Å². The molecular weight excluding hydrogens is 252 g/mol. The first-order valence-electron chi connectivity index (χ1n) is 7.18. The van der Waals surface area contributed by atoms with Crippen molar-refractivity contribution < 1.29 is 9.53 Å². The van der Waals surface area contributed by atoms with E-state index in [9.17, 15) is 4.79 Å². The van der Waals surface area contributed by atoms with E-state index in [0.717, 1.165) is 25.1 Å². The van der Waals surface area contributed by atoms with Crippen LogP contribution >= 0.6 is 0 Å². The van der Waals surface area contributed by atoms with Gasteiger partial charge in [-0.15, -0.1) is 0 Å². The summed E-state index contributed by atoms with van der Waals surface area (Å²) in [7, 11) is 0. The van der Waals surface area contributed by atoms with Gasteiger partial charge in [-0.25, -0.2) is 4.79 Å². The number of carbonyl (C=O) groups excluding carboxylic acids is 1. The predicted octanol–water partition coefficient (Wildman–Crippen LogP) is 3.38. The van der Waals surface area contributed by atoms with E-state index in [1.54, 1.807) is 0 Å². The normalized spacial score (nSPS) is 19.8. The Hall–Kier alpha value is -1.71. The van der Waals surface area contributed by atoms with Crippen LogP contribution in [0.4, 0.5) is 10.5 Å². The molecule has 0 bridgehead atoms. The SMILES string of the molecule is CC(C)(C)OC(=O)N1CCC[C@H](c2cccc(N)c2)C1. The number of rotatable bonds is 1. The number of hydrogen-bond acceptors (Lipinski definition) is 3. The van der Waals surface area contributed by atoms with Gasteiger partial charge in [0.05, 0.1) is 0 Å². The van der Waals surface area contributed by atoms with Gasteiger partial charge in [-0.1, -0.05) is 12.1 Å². The van der Waals surface area contributed by atoms with Crippen LogP contribution in [0.2, 0.25) is 0 Å². The van der Waals surface area contributed by atoms with Gasteiger partial charge in [0.15, 0.2) is 0 Å². The van der Waals surface area contributed by atoms with E-state index in [4.69, 9.17) is 10.5 Å². The van der Waals surface area contributed by atoms with Crippen LogP contribution in [0.5, 0.6) is 0 Å². The molecule has 1 heterocycles. The minimum atomic E-state index is -0.443. The Morgan fingerprint density at radius 3 is 2.80 bits per heavy atom. The maximum atomic E-state index is 12.1. The minimum absolute atomic E-state index is 0.217. The molecule has 0 aliphatic carbocycles. The first-order valence-corrected chi connectivity index (χ1v) is 7.18. The van der Waals surface area contributed by atoms with Gasteiger partial charge in [0, 0.05) is 24.7 Å². The van der Waals surface area contributed by atoms with E-state index >= 15 is 0 Å². The number of nitrogens with zero attached hydrogens (tertiary/aromatic N) is 1. The molecule has 0 saturated carbocycles. The third-order valence-corrected chi connectivity index (χ3v) is 3.46. The van der Waals surface area contributed by atoms with Gasteiger partial charge in [0.2, 0.25) is 0 Å². The smallest absolute Gasteiger partial charge is 0.410 e. The van der Waals surface area contributed by atoms with Gasteiger partial charge >= 0.3 is 6.09 Å². The molecule has 110 valence electrons. The third kappa shape index (κ3) is 3.89. The Kier molecular flexibility index (Phi) is 4.21. The molecule has 1 aromatic rings. The van der Waals surface area contributed by atoms with Crippen LogP contribution in [-0.4, -0.2) is 29.7 Å². The Bertz CT molecular complexity index is 480. The maximum absolute atomic E-state index is 12.1. The summed E-state index contributed by atoms with van der Waals surface area (Å²) in [6.45, 7) is 7.16. The van der Waals surface area contributed by atoms with Crippen LogP contribution < -0.4 is 5.73 Å². The molecule has 1 fully saturated rings. The molecule has 1 amide bonds. The highest BCUT2D eigenvalue weighted by Gasteiger charge is 2.28. The van der Waals surface area contributed by atoms with Crippen LogP contribution in [0.25, 0.3) is 0 Å². The number of likely N-dealkylation sites (tertiary alicyclic amines) is 1. The average Bonchev–Trinajstić information content (AvgIpc) is 2.37. The van der Waals surface area contributed by atoms with E-state index < -0.39 is 5.60 Å². The Morgan fingerprint density at radius 2 is 2.15 bits per heavy atom. The van der Waals surface area contributed by atoms with Crippen molar-refractivity contribution >= 4 is 11.8 Å². The zero-order chi connectivity index (χ0) is 14.8. The molecule has 1 aliphatic rings. The topological polar surface area (TPSA) is 55.6 Å². The number of piperidine rings is 1. The second-order valence-corrected chi connectivity index (χ2v) is 6.44.